The molecule has 0 aliphatic carbocycles. The van der Waals surface area contributed by atoms with Gasteiger partial charge in [-0.05, 0) is 51.4 Å². The molecule has 0 spiro atoms. The average Bonchev–Trinajstić information content (AvgIpc) is 3.27. The fourth-order valence-electron chi connectivity index (χ4n) is 5.54. The van der Waals surface area contributed by atoms with Crippen LogP contribution in [0.4, 0.5) is 0 Å². The molecule has 0 atom stereocenters. The van der Waals surface area contributed by atoms with Gasteiger partial charge in [-0.15, -0.1) is 39.6 Å². The minimum Gasteiger partial charge on any atom is -2.00 e. The predicted octanol–water partition coefficient (Wildman–Crippen LogP) is 1.32. The van der Waals surface area contributed by atoms with Gasteiger partial charge in [0.15, 0.2) is 0 Å². The Morgan fingerprint density at radius 3 is 0.432 bits per heavy atom. The molecule has 6 radical (unpaired) electrons. The fraction of sp³-hybridized carbons (Fsp3) is 0.978. The first kappa shape index (κ1) is 158. The van der Waals surface area contributed by atoms with Gasteiger partial charge >= 0.3 is 37.1 Å². The molecule has 462 valence electrons. The topological polar surface area (TPSA) is 522 Å². The first-order chi connectivity index (χ1) is 27.3. The third kappa shape index (κ3) is 110. The van der Waals surface area contributed by atoms with Crippen LogP contribution in [0.25, 0.3) is 0 Å². The quantitative estimate of drug-likeness (QED) is 0.0935. The fourth-order valence-corrected chi connectivity index (χ4v) is 5.54. The number of rotatable bonds is 30. The van der Waals surface area contributed by atoms with Crippen LogP contribution < -0.4 is 40.9 Å². The summed E-state index contributed by atoms with van der Waals surface area (Å²) in [6.07, 6.45) is 22.1. The zero-order valence-corrected chi connectivity index (χ0v) is 55.9. The summed E-state index contributed by atoms with van der Waals surface area (Å²) in [5.41, 5.74) is -2.08. The van der Waals surface area contributed by atoms with Crippen molar-refractivity contribution in [3.63, 3.8) is 0 Å². The van der Waals surface area contributed by atoms with Crippen molar-refractivity contribution in [3.8, 4) is 6.07 Å². The molecule has 0 aliphatic rings. The zero-order chi connectivity index (χ0) is 45.9. The van der Waals surface area contributed by atoms with Crippen molar-refractivity contribution in [3.05, 3.63) is 0 Å². The van der Waals surface area contributed by atoms with E-state index in [2.05, 4.69) is 55.4 Å². The van der Waals surface area contributed by atoms with Crippen LogP contribution in [-0.2, 0) is 172 Å². The van der Waals surface area contributed by atoms with Gasteiger partial charge in [-0.25, -0.2) is 0 Å². The minimum absolute atomic E-state index is 0. The van der Waals surface area contributed by atoms with Crippen LogP contribution in [0.2, 0.25) is 0 Å². The summed E-state index contributed by atoms with van der Waals surface area (Å²) in [6, 6.07) is 1.75. The van der Waals surface area contributed by atoms with Gasteiger partial charge in [0.25, 0.3) is 0 Å². The second-order valence-electron chi connectivity index (χ2n) is 16.0. The van der Waals surface area contributed by atoms with E-state index in [1.807, 2.05) is 0 Å². The molecule has 0 heterocycles. The molecule has 0 unspecified atom stereocenters. The van der Waals surface area contributed by atoms with Gasteiger partial charge in [-0.2, -0.15) is 19.5 Å². The van der Waals surface area contributed by atoms with E-state index in [9.17, 15) is 30.6 Å². The molecule has 0 fully saturated rings. The van der Waals surface area contributed by atoms with Crippen molar-refractivity contribution >= 4 is 0 Å². The van der Waals surface area contributed by atoms with E-state index in [4.69, 9.17) is 15.5 Å². The Morgan fingerprint density at radius 2 is 0.392 bits per heavy atom. The van der Waals surface area contributed by atoms with E-state index in [0.29, 0.717) is 0 Å². The van der Waals surface area contributed by atoms with Crippen LogP contribution in [-0.4, -0.2) is 115 Å². The number of nitriles is 1. The Balaban J connectivity index is -0.0000000189. The van der Waals surface area contributed by atoms with Gasteiger partial charge in [-0.1, -0.05) is 131 Å². The maximum Gasteiger partial charge on any atom is 4.00 e. The molecule has 0 bridgehead atoms. The number of hydrogen-bond donors (Lipinski definition) is 0. The maximum atomic E-state index is 10.0. The van der Waals surface area contributed by atoms with Gasteiger partial charge in [0, 0.05) is 81.1 Å². The van der Waals surface area contributed by atoms with Gasteiger partial charge in [-0.3, -0.25) is 0 Å². The van der Waals surface area contributed by atoms with Crippen LogP contribution in [0.15, 0.2) is 0 Å². The molecule has 0 saturated heterocycles. The summed E-state index contributed by atoms with van der Waals surface area (Å²) in [6.45, 7) is 31.0. The standard InChI is InChI=1S/2C16H36N.2C5H9O3.C2H3N.2CH3O.11O.6V/c2*1-5-9-13-17(14-10-6-2,15-11-7-3)16-12-8-4;2*1-5(2-6,3-7)4-8;1-2-3;2*1-2;;;;;;;;;;;;;;;;;/h2*5-16H2,1-4H3;2*2-4H2,1H3;1H3;2*1H3;;;;;;;;;;;;;;;;;/q2*+1;2*-3;;2*-1;11*-2;;;;;2*+4. The van der Waals surface area contributed by atoms with Crippen molar-refractivity contribution < 1.29 is 221 Å². The van der Waals surface area contributed by atoms with Crippen LogP contribution in [0.1, 0.15) is 179 Å². The molecule has 74 heavy (non-hydrogen) atoms. The SMILES string of the molecule is CC#N.CC(C[O-])(C[O-])C[O-].CC(C[O-])(C[O-])C[O-].CCCC[N+](CCCC)(CCCC)CCCC.CCCC[N+](CCCC)(CCCC)CCCC.C[O-].C[O-].[O-2].[O-2].[O-2].[O-2].[O-2].[O-2].[O-2].[O-2].[O-2].[O-2].[O-2].[V+4].[V+4].[V].[V].[V].[V]. The molecule has 0 rings (SSSR count). The second kappa shape index (κ2) is 127. The summed E-state index contributed by atoms with van der Waals surface area (Å²) in [5.74, 6) is 0. The van der Waals surface area contributed by atoms with Gasteiger partial charge in [0.2, 0.25) is 0 Å². The van der Waals surface area contributed by atoms with E-state index in [-0.39, 0.29) is 172 Å². The normalized spacial score (nSPS) is 8.38. The van der Waals surface area contributed by atoms with Crippen molar-refractivity contribution in [1.82, 2.24) is 0 Å². The van der Waals surface area contributed by atoms with Crippen molar-refractivity contribution in [1.29, 1.82) is 5.26 Å². The summed E-state index contributed by atoms with van der Waals surface area (Å²) in [4.78, 5) is 0. The Hall–Kier alpha value is 2.16. The Morgan fingerprint density at radius 1 is 0.311 bits per heavy atom. The second-order valence-corrected chi connectivity index (χ2v) is 16.0. The first-order valence-corrected chi connectivity index (χ1v) is 22.6. The van der Waals surface area contributed by atoms with E-state index < -0.39 is 50.5 Å². The molecule has 0 N–H and O–H groups in total. The largest absolute Gasteiger partial charge is 4.00 e. The van der Waals surface area contributed by atoms with Crippen molar-refractivity contribution in [2.24, 2.45) is 10.8 Å². The van der Waals surface area contributed by atoms with Gasteiger partial charge in [0.1, 0.15) is 0 Å². The van der Waals surface area contributed by atoms with Crippen molar-refractivity contribution in [2.75, 3.05) is 106 Å². The average molecular weight is 1300 g/mol. The molecular formula is C46H99N3O19V6-20. The van der Waals surface area contributed by atoms with E-state index in [1.54, 1.807) is 6.07 Å². The number of hydrogen-bond acceptors (Lipinski definition) is 9. The molecule has 0 saturated carbocycles. The maximum absolute atomic E-state index is 10.0. The summed E-state index contributed by atoms with van der Waals surface area (Å²) in [5, 5.41) is 83.9. The van der Waals surface area contributed by atoms with Crippen LogP contribution >= 0.6 is 0 Å². The smallest absolute Gasteiger partial charge is 2.00 e. The molecule has 0 amide bonds. The van der Waals surface area contributed by atoms with Crippen LogP contribution in [0.5, 0.6) is 0 Å². The minimum atomic E-state index is -1.04. The molecule has 0 aromatic rings. The monoisotopic (exact) mass is 1300 g/mol. The van der Waals surface area contributed by atoms with E-state index in [0.717, 1.165) is 14.2 Å². The summed E-state index contributed by atoms with van der Waals surface area (Å²) < 4.78 is 2.84. The molecule has 0 aliphatic heterocycles. The molecule has 0 aromatic heterocycles. The Bertz CT molecular complexity index is 642. The first-order valence-electron chi connectivity index (χ1n) is 22.6. The van der Waals surface area contributed by atoms with E-state index in [1.165, 1.54) is 185 Å². The molecule has 22 nitrogen and oxygen atoms in total. The van der Waals surface area contributed by atoms with Crippen LogP contribution in [0, 0.1) is 22.2 Å². The number of quaternary nitrogens is 2. The Kier molecular flexibility index (Phi) is 270. The molecular weight excluding hydrogens is 1200 g/mol. The van der Waals surface area contributed by atoms with Crippen LogP contribution in [0.3, 0.4) is 0 Å². The number of unbranched alkanes of at least 4 members (excludes halogenated alkanes) is 8. The van der Waals surface area contributed by atoms with Crippen molar-refractivity contribution in [2.45, 2.75) is 179 Å². The third-order valence-corrected chi connectivity index (χ3v) is 9.98. The molecule has 0 aromatic carbocycles. The van der Waals surface area contributed by atoms with Gasteiger partial charge in [0.05, 0.1) is 58.4 Å². The molecule has 28 heteroatoms. The Labute approximate surface area is 524 Å². The predicted molar refractivity (Wildman–Crippen MR) is 235 cm³/mol. The third-order valence-electron chi connectivity index (χ3n) is 9.98. The summed E-state index contributed by atoms with van der Waals surface area (Å²) >= 11 is 0. The summed E-state index contributed by atoms with van der Waals surface area (Å²) in [7, 11) is 1.50. The van der Waals surface area contributed by atoms with Gasteiger partial charge < -0.3 is 110 Å². The number of nitrogens with zero attached hydrogens (tertiary/aromatic N) is 3. The van der Waals surface area contributed by atoms with E-state index >= 15 is 0 Å². The zero-order valence-electron chi connectivity index (χ0n) is 47.5.